The monoisotopic (exact) mass is 363 g/mol. The predicted octanol–water partition coefficient (Wildman–Crippen LogP) is 3.35. The third-order valence-electron chi connectivity index (χ3n) is 3.97. The van der Waals surface area contributed by atoms with Crippen LogP contribution in [-0.2, 0) is 9.53 Å². The van der Waals surface area contributed by atoms with E-state index in [-0.39, 0.29) is 22.8 Å². The number of furan rings is 1. The highest BCUT2D eigenvalue weighted by molar-refractivity contribution is 5.98. The molecule has 0 aliphatic rings. The number of aryl methyl sites for hydroxylation is 2. The van der Waals surface area contributed by atoms with Gasteiger partial charge in [-0.1, -0.05) is 18.2 Å². The van der Waals surface area contributed by atoms with Crippen molar-refractivity contribution in [3.8, 4) is 12.0 Å². The Labute approximate surface area is 155 Å². The molecule has 0 saturated carbocycles. The second-order valence-corrected chi connectivity index (χ2v) is 5.85. The fourth-order valence-electron chi connectivity index (χ4n) is 2.63. The van der Waals surface area contributed by atoms with E-state index in [4.69, 9.17) is 9.15 Å². The number of aromatic nitrogens is 1. The zero-order valence-electron chi connectivity index (χ0n) is 14.9. The van der Waals surface area contributed by atoms with Gasteiger partial charge < -0.3 is 14.5 Å². The summed E-state index contributed by atoms with van der Waals surface area (Å²) in [6, 6.07) is 12.8. The lowest BCUT2D eigenvalue weighted by Gasteiger charge is -2.08. The highest BCUT2D eigenvalue weighted by Crippen LogP contribution is 2.26. The lowest BCUT2D eigenvalue weighted by Crippen LogP contribution is -2.21. The van der Waals surface area contributed by atoms with Gasteiger partial charge in [0.05, 0.1) is 0 Å². The minimum absolute atomic E-state index is 0.0184. The van der Waals surface area contributed by atoms with Crippen molar-refractivity contribution >= 4 is 17.6 Å². The Bertz CT molecular complexity index is 1030. The summed E-state index contributed by atoms with van der Waals surface area (Å²) < 4.78 is 12.2. The van der Waals surface area contributed by atoms with Crippen LogP contribution in [0.2, 0.25) is 0 Å². The summed E-state index contributed by atoms with van der Waals surface area (Å²) >= 11 is 0. The number of carbonyl (C=O) groups excluding carboxylic acids is 2. The molecule has 0 unspecified atom stereocenters. The van der Waals surface area contributed by atoms with Crippen LogP contribution in [0.15, 0.2) is 53.2 Å². The fraction of sp³-hybridized carbons (Fsp3) is 0.150. The number of nitriles is 1. The average molecular weight is 363 g/mol. The van der Waals surface area contributed by atoms with Crippen LogP contribution >= 0.6 is 0 Å². The second kappa shape index (κ2) is 7.62. The molecule has 3 rings (SSSR count). The number of nitrogens with one attached hydrogen (secondary N) is 1. The van der Waals surface area contributed by atoms with Gasteiger partial charge in [0.1, 0.15) is 23.0 Å². The van der Waals surface area contributed by atoms with Crippen molar-refractivity contribution in [1.82, 2.24) is 4.57 Å². The lowest BCUT2D eigenvalue weighted by molar-refractivity contribution is -0.119. The van der Waals surface area contributed by atoms with Gasteiger partial charge >= 0.3 is 5.97 Å². The minimum atomic E-state index is -0.786. The summed E-state index contributed by atoms with van der Waals surface area (Å²) in [6.45, 7) is 2.96. The van der Waals surface area contributed by atoms with Crippen molar-refractivity contribution in [1.29, 1.82) is 5.26 Å². The molecule has 0 saturated heterocycles. The van der Waals surface area contributed by atoms with Gasteiger partial charge in [0.15, 0.2) is 6.61 Å². The van der Waals surface area contributed by atoms with E-state index in [1.54, 1.807) is 48.1 Å². The largest absolute Gasteiger partial charge is 0.452 e. The third kappa shape index (κ3) is 3.75. The summed E-state index contributed by atoms with van der Waals surface area (Å²) in [4.78, 5) is 24.5. The topological polar surface area (TPSA) is 97.3 Å². The molecule has 2 aromatic heterocycles. The van der Waals surface area contributed by atoms with E-state index in [1.807, 2.05) is 25.1 Å². The Hall–Kier alpha value is -3.79. The molecule has 7 nitrogen and oxygen atoms in total. The molecule has 27 heavy (non-hydrogen) atoms. The van der Waals surface area contributed by atoms with Crippen molar-refractivity contribution in [2.75, 3.05) is 11.9 Å². The molecule has 0 radical (unpaired) electrons. The molecule has 0 aliphatic carbocycles. The number of amides is 1. The van der Waals surface area contributed by atoms with Crippen LogP contribution in [-0.4, -0.2) is 23.1 Å². The summed E-state index contributed by atoms with van der Waals surface area (Å²) in [5.74, 6) is -0.773. The van der Waals surface area contributed by atoms with Crippen molar-refractivity contribution in [2.24, 2.45) is 0 Å². The highest BCUT2D eigenvalue weighted by Gasteiger charge is 2.26. The van der Waals surface area contributed by atoms with Gasteiger partial charge in [-0.25, -0.2) is 4.79 Å². The molecule has 1 aromatic carbocycles. The van der Waals surface area contributed by atoms with Crippen molar-refractivity contribution < 1.29 is 18.7 Å². The predicted molar refractivity (Wildman–Crippen MR) is 97.6 cm³/mol. The van der Waals surface area contributed by atoms with E-state index in [0.29, 0.717) is 5.69 Å². The first-order chi connectivity index (χ1) is 13.0. The maximum atomic E-state index is 12.4. The van der Waals surface area contributed by atoms with Crippen LogP contribution < -0.4 is 5.32 Å². The number of para-hydroxylation sites is 1. The van der Waals surface area contributed by atoms with Gasteiger partial charge in [-0.15, -0.1) is 0 Å². The number of rotatable bonds is 5. The first-order valence-corrected chi connectivity index (χ1v) is 8.20. The molecule has 7 heteroatoms. The van der Waals surface area contributed by atoms with Gasteiger partial charge in [0.2, 0.25) is 5.88 Å². The molecule has 0 spiro atoms. The van der Waals surface area contributed by atoms with E-state index in [0.717, 1.165) is 5.56 Å². The standard InChI is InChI=1S/C20H17N3O4/c1-13-7-3-4-8-16(13)22-17(24)12-26-20(25)18-14(2)27-19(15(18)11-21)23-9-5-6-10-23/h3-10H,12H2,1-2H3,(H,22,24). The molecule has 0 bridgehead atoms. The van der Waals surface area contributed by atoms with Crippen LogP contribution in [0.5, 0.6) is 0 Å². The Morgan fingerprint density at radius 2 is 1.89 bits per heavy atom. The number of hydrogen-bond acceptors (Lipinski definition) is 5. The average Bonchev–Trinajstić information content (AvgIpc) is 3.29. The van der Waals surface area contributed by atoms with Crippen molar-refractivity contribution in [3.63, 3.8) is 0 Å². The first kappa shape index (κ1) is 18.0. The Morgan fingerprint density at radius 1 is 1.19 bits per heavy atom. The number of benzene rings is 1. The smallest absolute Gasteiger partial charge is 0.343 e. The lowest BCUT2D eigenvalue weighted by atomic mass is 10.1. The number of nitrogens with zero attached hydrogens (tertiary/aromatic N) is 2. The number of anilines is 1. The maximum Gasteiger partial charge on any atom is 0.343 e. The van der Waals surface area contributed by atoms with E-state index in [2.05, 4.69) is 5.32 Å². The van der Waals surface area contributed by atoms with Crippen LogP contribution in [0.1, 0.15) is 27.2 Å². The quantitative estimate of drug-likeness (QED) is 0.701. The van der Waals surface area contributed by atoms with Gasteiger partial charge in [0.25, 0.3) is 5.91 Å². The maximum absolute atomic E-state index is 12.4. The fourth-order valence-corrected chi connectivity index (χ4v) is 2.63. The Balaban J connectivity index is 1.72. The normalized spacial score (nSPS) is 10.3. The van der Waals surface area contributed by atoms with Crippen LogP contribution in [0.25, 0.3) is 5.88 Å². The molecular formula is C20H17N3O4. The molecule has 2 heterocycles. The van der Waals surface area contributed by atoms with Crippen LogP contribution in [0, 0.1) is 25.2 Å². The number of hydrogen-bond donors (Lipinski definition) is 1. The SMILES string of the molecule is Cc1ccccc1NC(=O)COC(=O)c1c(C)oc(-n2cccc2)c1C#N. The van der Waals surface area contributed by atoms with E-state index in [9.17, 15) is 14.9 Å². The third-order valence-corrected chi connectivity index (χ3v) is 3.97. The zero-order chi connectivity index (χ0) is 19.4. The summed E-state index contributed by atoms with van der Waals surface area (Å²) in [5, 5.41) is 12.1. The molecule has 0 fully saturated rings. The summed E-state index contributed by atoms with van der Waals surface area (Å²) in [6.07, 6.45) is 3.40. The van der Waals surface area contributed by atoms with Crippen LogP contribution in [0.4, 0.5) is 5.69 Å². The number of ether oxygens (including phenoxy) is 1. The van der Waals surface area contributed by atoms with Crippen LogP contribution in [0.3, 0.4) is 0 Å². The Kier molecular flexibility index (Phi) is 5.08. The van der Waals surface area contributed by atoms with Gasteiger partial charge in [-0.05, 0) is 37.6 Å². The van der Waals surface area contributed by atoms with Crippen molar-refractivity contribution in [3.05, 3.63) is 71.2 Å². The van der Waals surface area contributed by atoms with Crippen molar-refractivity contribution in [2.45, 2.75) is 13.8 Å². The van der Waals surface area contributed by atoms with E-state index >= 15 is 0 Å². The van der Waals surface area contributed by atoms with E-state index in [1.165, 1.54) is 0 Å². The molecule has 0 atom stereocenters. The molecule has 136 valence electrons. The highest BCUT2D eigenvalue weighted by atomic mass is 16.5. The molecular weight excluding hydrogens is 346 g/mol. The molecule has 1 N–H and O–H groups in total. The zero-order valence-corrected chi connectivity index (χ0v) is 14.9. The molecule has 3 aromatic rings. The molecule has 0 aliphatic heterocycles. The van der Waals surface area contributed by atoms with Gasteiger partial charge in [0, 0.05) is 18.1 Å². The second-order valence-electron chi connectivity index (χ2n) is 5.85. The number of carbonyl (C=O) groups is 2. The summed E-state index contributed by atoms with van der Waals surface area (Å²) in [7, 11) is 0. The summed E-state index contributed by atoms with van der Waals surface area (Å²) in [5.41, 5.74) is 1.62. The Morgan fingerprint density at radius 3 is 2.56 bits per heavy atom. The van der Waals surface area contributed by atoms with E-state index < -0.39 is 18.5 Å². The van der Waals surface area contributed by atoms with Gasteiger partial charge in [-0.3, -0.25) is 9.36 Å². The molecule has 1 amide bonds. The number of esters is 1. The first-order valence-electron chi connectivity index (χ1n) is 8.20. The van der Waals surface area contributed by atoms with Gasteiger partial charge in [-0.2, -0.15) is 5.26 Å². The minimum Gasteiger partial charge on any atom is -0.452 e.